The molecule has 0 aliphatic carbocycles. The Bertz CT molecular complexity index is 331. The van der Waals surface area contributed by atoms with Gasteiger partial charge in [0.25, 0.3) is 0 Å². The molecule has 2 N–H and O–H groups in total. The maximum Gasteiger partial charge on any atom is 0.133 e. The molecule has 0 aromatic heterocycles. The summed E-state index contributed by atoms with van der Waals surface area (Å²) < 4.78 is 6.42. The number of aliphatic hydroxyl groups is 1. The molecule has 0 fully saturated rings. The number of nitrogens with one attached hydrogen (secondary N) is 1. The topological polar surface area (TPSA) is 41.5 Å². The summed E-state index contributed by atoms with van der Waals surface area (Å²) >= 11 is 3.40. The van der Waals surface area contributed by atoms with Crippen molar-refractivity contribution in [2.24, 2.45) is 5.92 Å². The smallest absolute Gasteiger partial charge is 0.133 e. The molecule has 0 spiro atoms. The number of benzene rings is 1. The first-order valence-electron chi connectivity index (χ1n) is 5.85. The molecule has 0 heterocycles. The molecule has 0 amide bonds. The fourth-order valence-corrected chi connectivity index (χ4v) is 1.74. The summed E-state index contributed by atoms with van der Waals surface area (Å²) in [6.07, 6.45) is -0.485. The third-order valence-electron chi connectivity index (χ3n) is 2.20. The van der Waals surface area contributed by atoms with Gasteiger partial charge in [0.1, 0.15) is 18.5 Å². The first-order valence-corrected chi connectivity index (χ1v) is 6.65. The van der Waals surface area contributed by atoms with Crippen molar-refractivity contribution < 1.29 is 9.84 Å². The number of ether oxygens (including phenoxy) is 1. The molecular formula is C13H20BrNO2. The lowest BCUT2D eigenvalue weighted by Gasteiger charge is -2.14. The van der Waals surface area contributed by atoms with Crippen LogP contribution in [0.25, 0.3) is 0 Å². The highest BCUT2D eigenvalue weighted by atomic mass is 79.9. The lowest BCUT2D eigenvalue weighted by Crippen LogP contribution is -2.33. The highest BCUT2D eigenvalue weighted by Gasteiger charge is 2.06. The van der Waals surface area contributed by atoms with Gasteiger partial charge in [-0.1, -0.05) is 26.0 Å². The van der Waals surface area contributed by atoms with Crippen LogP contribution in [-0.2, 0) is 0 Å². The summed E-state index contributed by atoms with van der Waals surface area (Å²) in [5.41, 5.74) is 0. The molecule has 0 radical (unpaired) electrons. The highest BCUT2D eigenvalue weighted by molar-refractivity contribution is 9.10. The predicted molar refractivity (Wildman–Crippen MR) is 73.4 cm³/mol. The van der Waals surface area contributed by atoms with Gasteiger partial charge in [0.15, 0.2) is 0 Å². The molecular weight excluding hydrogens is 282 g/mol. The van der Waals surface area contributed by atoms with Crippen molar-refractivity contribution in [3.05, 3.63) is 28.7 Å². The summed E-state index contributed by atoms with van der Waals surface area (Å²) in [6.45, 7) is 6.04. The van der Waals surface area contributed by atoms with Crippen LogP contribution in [0.2, 0.25) is 0 Å². The largest absolute Gasteiger partial charge is 0.490 e. The third kappa shape index (κ3) is 6.05. The van der Waals surface area contributed by atoms with E-state index in [1.165, 1.54) is 0 Å². The van der Waals surface area contributed by atoms with Crippen molar-refractivity contribution in [2.45, 2.75) is 20.0 Å². The van der Waals surface area contributed by atoms with Gasteiger partial charge in [-0.25, -0.2) is 0 Å². The molecule has 1 unspecified atom stereocenters. The molecule has 4 heteroatoms. The summed E-state index contributed by atoms with van der Waals surface area (Å²) in [5, 5.41) is 12.9. The molecule has 0 saturated heterocycles. The van der Waals surface area contributed by atoms with Crippen LogP contribution in [0.4, 0.5) is 0 Å². The van der Waals surface area contributed by atoms with E-state index < -0.39 is 6.10 Å². The van der Waals surface area contributed by atoms with Gasteiger partial charge < -0.3 is 15.2 Å². The fraction of sp³-hybridized carbons (Fsp3) is 0.538. The zero-order chi connectivity index (χ0) is 12.7. The average molecular weight is 302 g/mol. The van der Waals surface area contributed by atoms with E-state index in [1.54, 1.807) is 0 Å². The normalized spacial score (nSPS) is 12.8. The zero-order valence-electron chi connectivity index (χ0n) is 10.3. The van der Waals surface area contributed by atoms with E-state index in [0.717, 1.165) is 16.8 Å². The number of hydrogen-bond acceptors (Lipinski definition) is 3. The van der Waals surface area contributed by atoms with E-state index in [0.29, 0.717) is 19.1 Å². The van der Waals surface area contributed by atoms with Gasteiger partial charge in [-0.3, -0.25) is 0 Å². The number of aliphatic hydroxyl groups excluding tert-OH is 1. The Hall–Kier alpha value is -0.580. The van der Waals surface area contributed by atoms with E-state index >= 15 is 0 Å². The van der Waals surface area contributed by atoms with Gasteiger partial charge in [0.05, 0.1) is 4.47 Å². The molecule has 3 nitrogen and oxygen atoms in total. The molecule has 0 bridgehead atoms. The maximum atomic E-state index is 9.71. The Balaban J connectivity index is 2.24. The van der Waals surface area contributed by atoms with E-state index in [4.69, 9.17) is 4.74 Å². The second-order valence-corrected chi connectivity index (χ2v) is 5.30. The molecule has 1 rings (SSSR count). The van der Waals surface area contributed by atoms with Crippen molar-refractivity contribution in [3.63, 3.8) is 0 Å². The first-order chi connectivity index (χ1) is 8.09. The van der Waals surface area contributed by atoms with Gasteiger partial charge in [-0.05, 0) is 40.5 Å². The van der Waals surface area contributed by atoms with Crippen molar-refractivity contribution >= 4 is 15.9 Å². The minimum absolute atomic E-state index is 0.299. The summed E-state index contributed by atoms with van der Waals surface area (Å²) in [7, 11) is 0. The quantitative estimate of drug-likeness (QED) is 0.813. The zero-order valence-corrected chi connectivity index (χ0v) is 11.9. The van der Waals surface area contributed by atoms with Crippen LogP contribution in [0.3, 0.4) is 0 Å². The lowest BCUT2D eigenvalue weighted by molar-refractivity contribution is 0.105. The Morgan fingerprint density at radius 2 is 2.00 bits per heavy atom. The highest BCUT2D eigenvalue weighted by Crippen LogP contribution is 2.23. The SMILES string of the molecule is CC(C)CNCC(O)COc1ccccc1Br. The van der Waals surface area contributed by atoms with E-state index in [1.807, 2.05) is 24.3 Å². The monoisotopic (exact) mass is 301 g/mol. The molecule has 0 aliphatic heterocycles. The van der Waals surface area contributed by atoms with Crippen molar-refractivity contribution in [2.75, 3.05) is 19.7 Å². The van der Waals surface area contributed by atoms with Crippen LogP contribution in [0.5, 0.6) is 5.75 Å². The second-order valence-electron chi connectivity index (χ2n) is 4.45. The Morgan fingerprint density at radius 3 is 2.65 bits per heavy atom. The minimum Gasteiger partial charge on any atom is -0.490 e. The van der Waals surface area contributed by atoms with Crippen LogP contribution in [0.1, 0.15) is 13.8 Å². The third-order valence-corrected chi connectivity index (χ3v) is 2.86. The second kappa shape index (κ2) is 7.69. The maximum absolute atomic E-state index is 9.71. The van der Waals surface area contributed by atoms with Crippen LogP contribution < -0.4 is 10.1 Å². The van der Waals surface area contributed by atoms with Gasteiger partial charge in [-0.15, -0.1) is 0 Å². The van der Waals surface area contributed by atoms with Crippen molar-refractivity contribution in [1.29, 1.82) is 0 Å². The van der Waals surface area contributed by atoms with E-state index in [-0.39, 0.29) is 0 Å². The number of rotatable bonds is 7. The molecule has 0 saturated carbocycles. The van der Waals surface area contributed by atoms with Gasteiger partial charge >= 0.3 is 0 Å². The molecule has 1 aromatic carbocycles. The minimum atomic E-state index is -0.485. The standard InChI is InChI=1S/C13H20BrNO2/c1-10(2)7-15-8-11(16)9-17-13-6-4-3-5-12(13)14/h3-6,10-11,15-16H,7-9H2,1-2H3. The van der Waals surface area contributed by atoms with Crippen molar-refractivity contribution in [3.8, 4) is 5.75 Å². The van der Waals surface area contributed by atoms with Crippen LogP contribution in [0.15, 0.2) is 28.7 Å². The van der Waals surface area contributed by atoms with Gasteiger partial charge in [-0.2, -0.15) is 0 Å². The van der Waals surface area contributed by atoms with Crippen LogP contribution >= 0.6 is 15.9 Å². The fourth-order valence-electron chi connectivity index (χ4n) is 1.35. The first kappa shape index (κ1) is 14.5. The van der Waals surface area contributed by atoms with Crippen LogP contribution in [-0.4, -0.2) is 30.9 Å². The molecule has 17 heavy (non-hydrogen) atoms. The van der Waals surface area contributed by atoms with E-state index in [2.05, 4.69) is 35.1 Å². The molecule has 96 valence electrons. The number of para-hydroxylation sites is 1. The summed E-state index contributed by atoms with van der Waals surface area (Å²) in [4.78, 5) is 0. The van der Waals surface area contributed by atoms with Gasteiger partial charge in [0, 0.05) is 6.54 Å². The Morgan fingerprint density at radius 1 is 1.29 bits per heavy atom. The Kier molecular flexibility index (Phi) is 6.55. The number of hydrogen-bond donors (Lipinski definition) is 2. The molecule has 0 aliphatic rings. The average Bonchev–Trinajstić information content (AvgIpc) is 2.27. The van der Waals surface area contributed by atoms with Crippen LogP contribution in [0, 0.1) is 5.92 Å². The van der Waals surface area contributed by atoms with E-state index in [9.17, 15) is 5.11 Å². The molecule has 1 aromatic rings. The lowest BCUT2D eigenvalue weighted by atomic mass is 10.2. The summed E-state index contributed by atoms with van der Waals surface area (Å²) in [5.74, 6) is 1.35. The van der Waals surface area contributed by atoms with Gasteiger partial charge in [0.2, 0.25) is 0 Å². The predicted octanol–water partition coefficient (Wildman–Crippen LogP) is 2.43. The number of halogens is 1. The van der Waals surface area contributed by atoms with Crippen molar-refractivity contribution in [1.82, 2.24) is 5.32 Å². The molecule has 1 atom stereocenters. The Labute approximate surface area is 111 Å². The summed E-state index contributed by atoms with van der Waals surface area (Å²) in [6, 6.07) is 7.62.